The van der Waals surface area contributed by atoms with Gasteiger partial charge in [-0.3, -0.25) is 9.59 Å². The van der Waals surface area contributed by atoms with Gasteiger partial charge in [0.2, 0.25) is 0 Å². The summed E-state index contributed by atoms with van der Waals surface area (Å²) in [5.41, 5.74) is 5.11. The molecule has 2 aliphatic rings. The number of anilines is 1. The van der Waals surface area contributed by atoms with Crippen molar-refractivity contribution in [2.45, 2.75) is 26.8 Å². The first-order valence-corrected chi connectivity index (χ1v) is 12.6. The highest BCUT2D eigenvalue weighted by atomic mass is 32.1. The maximum atomic E-state index is 12.8. The molecule has 0 unspecified atom stereocenters. The number of thiocarbonyl (C=S) groups is 1. The van der Waals surface area contributed by atoms with Crippen LogP contribution in [0.2, 0.25) is 0 Å². The van der Waals surface area contributed by atoms with E-state index in [0.717, 1.165) is 0 Å². The van der Waals surface area contributed by atoms with E-state index in [1.54, 1.807) is 57.2 Å². The predicted molar refractivity (Wildman–Crippen MR) is 150 cm³/mol. The molecule has 11 nitrogen and oxygen atoms in total. The minimum atomic E-state index is -0.696. The van der Waals surface area contributed by atoms with Crippen LogP contribution in [0.5, 0.6) is 5.75 Å². The van der Waals surface area contributed by atoms with E-state index < -0.39 is 23.8 Å². The zero-order valence-corrected chi connectivity index (χ0v) is 22.5. The van der Waals surface area contributed by atoms with Crippen molar-refractivity contribution in [1.29, 1.82) is 0 Å². The number of hydrogen-bond donors (Lipinski definition) is 3. The standard InChI is InChI=1S/C27H28N6O5S/c1-4-37-26(36)23-17(3)29-27(39)30-24(23)19-12-8-9-13-21(19)38-15-22(34)31-28-14-20-16(2)32-33(25(20)35)18-10-6-5-7-11-18/h5-14,20,24H,4,15H2,1-3H3,(H,31,34)(H2,29,30,39)/t20-,24+/m1/s1. The van der Waals surface area contributed by atoms with Crippen LogP contribution in [0.4, 0.5) is 5.69 Å². The molecule has 39 heavy (non-hydrogen) atoms. The summed E-state index contributed by atoms with van der Waals surface area (Å²) < 4.78 is 11.0. The number of allylic oxidation sites excluding steroid dienone is 1. The number of hydrogen-bond acceptors (Lipinski definition) is 8. The van der Waals surface area contributed by atoms with Gasteiger partial charge >= 0.3 is 5.97 Å². The fraction of sp³-hybridized carbons (Fsp3) is 0.259. The second kappa shape index (κ2) is 12.3. The average Bonchev–Trinajstić information content (AvgIpc) is 3.20. The van der Waals surface area contributed by atoms with Crippen molar-refractivity contribution in [3.05, 3.63) is 71.4 Å². The molecule has 4 rings (SSSR count). The number of rotatable bonds is 9. The van der Waals surface area contributed by atoms with Gasteiger partial charge in [-0.2, -0.15) is 15.2 Å². The van der Waals surface area contributed by atoms with Gasteiger partial charge in [-0.25, -0.2) is 10.2 Å². The van der Waals surface area contributed by atoms with E-state index in [1.165, 1.54) is 11.2 Å². The smallest absolute Gasteiger partial charge is 0.338 e. The Morgan fingerprint density at radius 3 is 2.62 bits per heavy atom. The molecule has 2 atom stereocenters. The van der Waals surface area contributed by atoms with E-state index in [2.05, 4.69) is 26.3 Å². The molecule has 2 aromatic carbocycles. The minimum absolute atomic E-state index is 0.216. The third-order valence-corrected chi connectivity index (χ3v) is 6.17. The summed E-state index contributed by atoms with van der Waals surface area (Å²) in [6, 6.07) is 15.4. The topological polar surface area (TPSA) is 134 Å². The molecule has 0 saturated carbocycles. The summed E-state index contributed by atoms with van der Waals surface area (Å²) in [6.07, 6.45) is 1.34. The van der Waals surface area contributed by atoms with Crippen LogP contribution in [0.15, 0.2) is 76.1 Å². The maximum Gasteiger partial charge on any atom is 0.338 e. The average molecular weight is 549 g/mol. The largest absolute Gasteiger partial charge is 0.483 e. The van der Waals surface area contributed by atoms with Gasteiger partial charge in [-0.05, 0) is 51.2 Å². The van der Waals surface area contributed by atoms with Crippen molar-refractivity contribution in [3.63, 3.8) is 0 Å². The van der Waals surface area contributed by atoms with Crippen molar-refractivity contribution < 1.29 is 23.9 Å². The Morgan fingerprint density at radius 2 is 1.87 bits per heavy atom. The molecule has 0 fully saturated rings. The van der Waals surface area contributed by atoms with E-state index in [-0.39, 0.29) is 19.1 Å². The van der Waals surface area contributed by atoms with E-state index >= 15 is 0 Å². The van der Waals surface area contributed by atoms with E-state index in [1.807, 2.05) is 18.2 Å². The lowest BCUT2D eigenvalue weighted by Crippen LogP contribution is -2.45. The zero-order valence-electron chi connectivity index (χ0n) is 21.6. The van der Waals surface area contributed by atoms with Gasteiger partial charge in [0, 0.05) is 17.5 Å². The Kier molecular flexibility index (Phi) is 8.67. The van der Waals surface area contributed by atoms with Crippen molar-refractivity contribution in [1.82, 2.24) is 16.1 Å². The van der Waals surface area contributed by atoms with Crippen molar-refractivity contribution >= 4 is 52.7 Å². The third kappa shape index (κ3) is 6.29. The Morgan fingerprint density at radius 1 is 1.15 bits per heavy atom. The number of hydrazone groups is 2. The van der Waals surface area contributed by atoms with Gasteiger partial charge in [0.25, 0.3) is 11.8 Å². The molecule has 2 heterocycles. The van der Waals surface area contributed by atoms with Gasteiger partial charge < -0.3 is 20.1 Å². The first-order chi connectivity index (χ1) is 18.8. The summed E-state index contributed by atoms with van der Waals surface area (Å²) in [7, 11) is 0. The SMILES string of the molecule is CCOC(=O)C1=C(C)NC(=S)N[C@H]1c1ccccc1OCC(=O)NN=C[C@H]1C(=O)N(c2ccccc2)N=C1C. The summed E-state index contributed by atoms with van der Waals surface area (Å²) in [5.74, 6) is -1.61. The molecule has 2 aliphatic heterocycles. The molecule has 12 heteroatoms. The van der Waals surface area contributed by atoms with Gasteiger partial charge in [0.15, 0.2) is 11.7 Å². The van der Waals surface area contributed by atoms with Crippen molar-refractivity contribution in [3.8, 4) is 5.75 Å². The Hall–Kier alpha value is -4.58. The first-order valence-electron chi connectivity index (χ1n) is 12.2. The zero-order chi connectivity index (χ0) is 27.9. The van der Waals surface area contributed by atoms with Gasteiger partial charge in [-0.1, -0.05) is 36.4 Å². The van der Waals surface area contributed by atoms with Crippen LogP contribution in [0, 0.1) is 5.92 Å². The number of amides is 2. The molecule has 2 amide bonds. The molecule has 0 aromatic heterocycles. The minimum Gasteiger partial charge on any atom is -0.483 e. The summed E-state index contributed by atoms with van der Waals surface area (Å²) in [5, 5.41) is 15.9. The number of carbonyl (C=O) groups is 3. The van der Waals surface area contributed by atoms with Crippen LogP contribution in [-0.4, -0.2) is 48.0 Å². The lowest BCUT2D eigenvalue weighted by Gasteiger charge is -2.30. The number of esters is 1. The van der Waals surface area contributed by atoms with Gasteiger partial charge in [0.05, 0.1) is 29.6 Å². The van der Waals surface area contributed by atoms with E-state index in [9.17, 15) is 14.4 Å². The maximum absolute atomic E-state index is 12.8. The van der Waals surface area contributed by atoms with Crippen molar-refractivity contribution in [2.24, 2.45) is 16.1 Å². The normalized spacial score (nSPS) is 18.9. The highest BCUT2D eigenvalue weighted by Crippen LogP contribution is 2.33. The molecule has 0 aliphatic carbocycles. The number of nitrogens with zero attached hydrogens (tertiary/aromatic N) is 3. The number of carbonyl (C=O) groups excluding carboxylic acids is 3. The number of benzene rings is 2. The molecule has 0 spiro atoms. The van der Waals surface area contributed by atoms with Crippen LogP contribution in [0.3, 0.4) is 0 Å². The predicted octanol–water partition coefficient (Wildman–Crippen LogP) is 2.56. The van der Waals surface area contributed by atoms with E-state index in [4.69, 9.17) is 21.7 Å². The molecular formula is C27H28N6O5S. The lowest BCUT2D eigenvalue weighted by atomic mass is 9.95. The van der Waals surface area contributed by atoms with Gasteiger partial charge in [-0.15, -0.1) is 0 Å². The fourth-order valence-corrected chi connectivity index (χ4v) is 4.39. The van der Waals surface area contributed by atoms with E-state index in [0.29, 0.717) is 39.1 Å². The second-order valence-electron chi connectivity index (χ2n) is 8.63. The van der Waals surface area contributed by atoms with Crippen LogP contribution in [0.1, 0.15) is 32.4 Å². The lowest BCUT2D eigenvalue weighted by molar-refractivity contribution is -0.139. The number of para-hydroxylation sites is 2. The second-order valence-corrected chi connectivity index (χ2v) is 9.04. The Balaban J connectivity index is 1.40. The monoisotopic (exact) mass is 548 g/mol. The molecule has 3 N–H and O–H groups in total. The third-order valence-electron chi connectivity index (χ3n) is 5.95. The van der Waals surface area contributed by atoms with Crippen molar-refractivity contribution in [2.75, 3.05) is 18.2 Å². The fourth-order valence-electron chi connectivity index (χ4n) is 4.12. The Bertz CT molecular complexity index is 1370. The number of ether oxygens (including phenoxy) is 2. The molecule has 0 bridgehead atoms. The Labute approximate surface area is 230 Å². The summed E-state index contributed by atoms with van der Waals surface area (Å²) in [6.45, 7) is 5.05. The highest BCUT2D eigenvalue weighted by Gasteiger charge is 2.34. The molecule has 0 radical (unpaired) electrons. The summed E-state index contributed by atoms with van der Waals surface area (Å²) in [4.78, 5) is 38.0. The van der Waals surface area contributed by atoms with Crippen LogP contribution >= 0.6 is 12.2 Å². The molecule has 202 valence electrons. The molecule has 2 aromatic rings. The molecule has 0 saturated heterocycles. The quantitative estimate of drug-likeness (QED) is 0.188. The van der Waals surface area contributed by atoms with Crippen LogP contribution in [0.25, 0.3) is 0 Å². The van der Waals surface area contributed by atoms with Gasteiger partial charge in [0.1, 0.15) is 11.7 Å². The first kappa shape index (κ1) is 27.5. The molecular weight excluding hydrogens is 520 g/mol. The highest BCUT2D eigenvalue weighted by molar-refractivity contribution is 7.80. The van der Waals surface area contributed by atoms with Crippen LogP contribution < -0.4 is 25.8 Å². The van der Waals surface area contributed by atoms with Crippen LogP contribution in [-0.2, 0) is 19.1 Å². The summed E-state index contributed by atoms with van der Waals surface area (Å²) >= 11 is 5.29. The number of nitrogens with one attached hydrogen (secondary N) is 3.